The highest BCUT2D eigenvalue weighted by molar-refractivity contribution is 5.41. The molecule has 0 heterocycles. The van der Waals surface area contributed by atoms with Gasteiger partial charge in [0, 0.05) is 6.42 Å². The second-order valence-electron chi connectivity index (χ2n) is 3.54. The molecule has 0 saturated carbocycles. The Labute approximate surface area is 79.8 Å². The van der Waals surface area contributed by atoms with E-state index in [0.717, 1.165) is 18.8 Å². The van der Waals surface area contributed by atoms with E-state index in [1.807, 2.05) is 6.92 Å². The highest BCUT2D eigenvalue weighted by atomic mass is 16.5. The van der Waals surface area contributed by atoms with Gasteiger partial charge >= 0.3 is 0 Å². The van der Waals surface area contributed by atoms with E-state index in [1.165, 1.54) is 24.8 Å². The van der Waals surface area contributed by atoms with Crippen LogP contribution in [0, 0.1) is 0 Å². The molecule has 0 radical (unpaired) electrons. The zero-order valence-corrected chi connectivity index (χ0v) is 8.18. The molecule has 2 rings (SSSR count). The lowest BCUT2D eigenvalue weighted by Crippen LogP contribution is -2.03. The van der Waals surface area contributed by atoms with Gasteiger partial charge < -0.3 is 4.74 Å². The number of ether oxygens (including phenoxy) is 1. The Hall–Kier alpha value is -0.980. The van der Waals surface area contributed by atoms with Gasteiger partial charge in [0.05, 0.1) is 12.4 Å². The van der Waals surface area contributed by atoms with Gasteiger partial charge in [-0.05, 0) is 37.8 Å². The van der Waals surface area contributed by atoms with Crippen LogP contribution in [-0.2, 0) is 4.74 Å². The van der Waals surface area contributed by atoms with Gasteiger partial charge in [-0.25, -0.2) is 0 Å². The molecular formula is C12H16O. The maximum absolute atomic E-state index is 5.52. The summed E-state index contributed by atoms with van der Waals surface area (Å²) in [5.41, 5.74) is 3.02. The molecule has 0 aromatic carbocycles. The lowest BCUT2D eigenvalue weighted by atomic mass is 9.89. The van der Waals surface area contributed by atoms with Crippen LogP contribution in [0.3, 0.4) is 0 Å². The van der Waals surface area contributed by atoms with Crippen molar-refractivity contribution in [2.45, 2.75) is 32.6 Å². The fraction of sp³-hybridized carbons (Fsp3) is 0.500. The summed E-state index contributed by atoms with van der Waals surface area (Å²) in [5, 5.41) is 0. The smallest absolute Gasteiger partial charge is 0.0968 e. The first kappa shape index (κ1) is 8.61. The number of hydrogen-bond acceptors (Lipinski definition) is 1. The Balaban J connectivity index is 2.16. The topological polar surface area (TPSA) is 9.23 Å². The van der Waals surface area contributed by atoms with Gasteiger partial charge in [-0.15, -0.1) is 0 Å². The molecule has 0 aromatic heterocycles. The van der Waals surface area contributed by atoms with E-state index in [2.05, 4.69) is 18.2 Å². The van der Waals surface area contributed by atoms with E-state index in [1.54, 1.807) is 5.57 Å². The summed E-state index contributed by atoms with van der Waals surface area (Å²) in [6.07, 6.45) is 11.5. The van der Waals surface area contributed by atoms with Crippen LogP contribution in [0.2, 0.25) is 0 Å². The number of rotatable bonds is 2. The highest BCUT2D eigenvalue weighted by Crippen LogP contribution is 2.31. The predicted octanol–water partition coefficient (Wildman–Crippen LogP) is 3.35. The van der Waals surface area contributed by atoms with E-state index < -0.39 is 0 Å². The standard InChI is InChI=1S/C12H16O/c1-2-13-12-8-7-10-5-3-4-6-11(10)9-12/h4,6,9H,2-3,5,7-8H2,1H3. The van der Waals surface area contributed by atoms with Gasteiger partial charge in [-0.3, -0.25) is 0 Å². The van der Waals surface area contributed by atoms with Crippen molar-refractivity contribution in [1.82, 2.24) is 0 Å². The second kappa shape index (κ2) is 3.82. The van der Waals surface area contributed by atoms with Crippen molar-refractivity contribution in [2.24, 2.45) is 0 Å². The highest BCUT2D eigenvalue weighted by Gasteiger charge is 2.13. The maximum Gasteiger partial charge on any atom is 0.0968 e. The molecular weight excluding hydrogens is 160 g/mol. The van der Waals surface area contributed by atoms with Crippen molar-refractivity contribution in [2.75, 3.05) is 6.61 Å². The van der Waals surface area contributed by atoms with Crippen LogP contribution in [0.25, 0.3) is 0 Å². The van der Waals surface area contributed by atoms with Crippen molar-refractivity contribution < 1.29 is 4.74 Å². The van der Waals surface area contributed by atoms with Crippen LogP contribution < -0.4 is 0 Å². The molecule has 0 amide bonds. The van der Waals surface area contributed by atoms with Gasteiger partial charge in [0.15, 0.2) is 0 Å². The monoisotopic (exact) mass is 176 g/mol. The summed E-state index contributed by atoms with van der Waals surface area (Å²) >= 11 is 0. The first-order valence-corrected chi connectivity index (χ1v) is 5.12. The van der Waals surface area contributed by atoms with Crippen molar-refractivity contribution in [3.63, 3.8) is 0 Å². The zero-order valence-electron chi connectivity index (χ0n) is 8.18. The van der Waals surface area contributed by atoms with E-state index >= 15 is 0 Å². The van der Waals surface area contributed by atoms with E-state index in [9.17, 15) is 0 Å². The van der Waals surface area contributed by atoms with Crippen LogP contribution in [0.15, 0.2) is 35.1 Å². The van der Waals surface area contributed by atoms with Gasteiger partial charge in [-0.2, -0.15) is 0 Å². The Morgan fingerprint density at radius 3 is 3.08 bits per heavy atom. The van der Waals surface area contributed by atoms with Crippen LogP contribution >= 0.6 is 0 Å². The van der Waals surface area contributed by atoms with E-state index in [4.69, 9.17) is 4.74 Å². The first-order valence-electron chi connectivity index (χ1n) is 5.12. The Bertz CT molecular complexity index is 281. The lowest BCUT2D eigenvalue weighted by Gasteiger charge is -2.20. The van der Waals surface area contributed by atoms with Crippen LogP contribution in [0.5, 0.6) is 0 Å². The fourth-order valence-electron chi connectivity index (χ4n) is 1.97. The van der Waals surface area contributed by atoms with Crippen LogP contribution in [0.1, 0.15) is 32.6 Å². The summed E-state index contributed by atoms with van der Waals surface area (Å²) in [4.78, 5) is 0. The van der Waals surface area contributed by atoms with Gasteiger partial charge in [0.1, 0.15) is 0 Å². The Morgan fingerprint density at radius 2 is 2.23 bits per heavy atom. The van der Waals surface area contributed by atoms with E-state index in [0.29, 0.717) is 0 Å². The molecule has 13 heavy (non-hydrogen) atoms. The molecule has 70 valence electrons. The Morgan fingerprint density at radius 1 is 1.31 bits per heavy atom. The third-order valence-corrected chi connectivity index (χ3v) is 2.64. The average Bonchev–Trinajstić information content (AvgIpc) is 2.18. The van der Waals surface area contributed by atoms with Gasteiger partial charge in [0.25, 0.3) is 0 Å². The molecule has 2 aliphatic rings. The first-order chi connectivity index (χ1) is 6.40. The summed E-state index contributed by atoms with van der Waals surface area (Å²) in [5.74, 6) is 1.16. The molecule has 0 fully saturated rings. The molecule has 2 aliphatic carbocycles. The number of hydrogen-bond donors (Lipinski definition) is 0. The third kappa shape index (κ3) is 1.85. The minimum absolute atomic E-state index is 0.790. The van der Waals surface area contributed by atoms with Crippen molar-refractivity contribution in [3.8, 4) is 0 Å². The minimum Gasteiger partial charge on any atom is -0.498 e. The maximum atomic E-state index is 5.52. The fourth-order valence-corrected chi connectivity index (χ4v) is 1.97. The molecule has 0 spiro atoms. The molecule has 0 unspecified atom stereocenters. The van der Waals surface area contributed by atoms with Crippen LogP contribution in [0.4, 0.5) is 0 Å². The minimum atomic E-state index is 0.790. The number of allylic oxidation sites excluding steroid dienone is 6. The normalized spacial score (nSPS) is 21.2. The van der Waals surface area contributed by atoms with E-state index in [-0.39, 0.29) is 0 Å². The summed E-state index contributed by atoms with van der Waals surface area (Å²) in [6, 6.07) is 0. The summed E-state index contributed by atoms with van der Waals surface area (Å²) < 4.78 is 5.52. The lowest BCUT2D eigenvalue weighted by molar-refractivity contribution is 0.216. The van der Waals surface area contributed by atoms with Gasteiger partial charge in [0.2, 0.25) is 0 Å². The molecule has 1 heteroatoms. The molecule has 0 aromatic rings. The molecule has 0 aliphatic heterocycles. The van der Waals surface area contributed by atoms with Gasteiger partial charge in [-0.1, -0.05) is 17.7 Å². The third-order valence-electron chi connectivity index (χ3n) is 2.64. The SMILES string of the molecule is CCOC1=CC2=C(CCC=C2)CC1. The molecule has 0 bridgehead atoms. The van der Waals surface area contributed by atoms with Crippen molar-refractivity contribution >= 4 is 0 Å². The van der Waals surface area contributed by atoms with Crippen molar-refractivity contribution in [3.05, 3.63) is 35.1 Å². The summed E-state index contributed by atoms with van der Waals surface area (Å²) in [6.45, 7) is 2.83. The second-order valence-corrected chi connectivity index (χ2v) is 3.54. The predicted molar refractivity (Wildman–Crippen MR) is 54.3 cm³/mol. The van der Waals surface area contributed by atoms with Crippen LogP contribution in [-0.4, -0.2) is 6.61 Å². The Kier molecular flexibility index (Phi) is 2.53. The quantitative estimate of drug-likeness (QED) is 0.627. The zero-order chi connectivity index (χ0) is 9.10. The molecule has 0 saturated heterocycles. The van der Waals surface area contributed by atoms with Crippen molar-refractivity contribution in [1.29, 1.82) is 0 Å². The summed E-state index contributed by atoms with van der Waals surface area (Å²) in [7, 11) is 0. The molecule has 0 N–H and O–H groups in total. The molecule has 0 atom stereocenters. The largest absolute Gasteiger partial charge is 0.498 e. The molecule has 1 nitrogen and oxygen atoms in total. The average molecular weight is 176 g/mol.